The fourth-order valence-corrected chi connectivity index (χ4v) is 2.78. The molecular weight excluding hydrogens is 280 g/mol. The van der Waals surface area contributed by atoms with Gasteiger partial charge in [0.1, 0.15) is 0 Å². The second kappa shape index (κ2) is 6.19. The Labute approximate surface area is 129 Å². The third-order valence-electron chi connectivity index (χ3n) is 4.02. The van der Waals surface area contributed by atoms with E-state index in [1.807, 2.05) is 36.2 Å². The summed E-state index contributed by atoms with van der Waals surface area (Å²) in [4.78, 5) is 14.3. The van der Waals surface area contributed by atoms with E-state index in [1.165, 1.54) is 0 Å². The van der Waals surface area contributed by atoms with Crippen LogP contribution in [0.5, 0.6) is 0 Å². The van der Waals surface area contributed by atoms with Gasteiger partial charge in [-0.15, -0.1) is 0 Å². The summed E-state index contributed by atoms with van der Waals surface area (Å²) in [5.74, 6) is -0.170. The number of hydrogen-bond acceptors (Lipinski definition) is 4. The van der Waals surface area contributed by atoms with Gasteiger partial charge in [-0.25, -0.2) is 0 Å². The molecule has 0 saturated heterocycles. The molecule has 1 amide bonds. The van der Waals surface area contributed by atoms with Crippen LogP contribution in [0, 0.1) is 0 Å². The maximum atomic E-state index is 12.3. The number of aliphatic hydroxyl groups is 1. The smallest absolute Gasteiger partial charge is 0.276 e. The molecule has 0 atom stereocenters. The number of nitrogens with zero attached hydrogens (tertiary/aromatic N) is 2. The zero-order valence-electron chi connectivity index (χ0n) is 12.6. The van der Waals surface area contributed by atoms with Gasteiger partial charge in [-0.05, 0) is 43.5 Å². The predicted molar refractivity (Wildman–Crippen MR) is 85.4 cm³/mol. The van der Waals surface area contributed by atoms with Crippen molar-refractivity contribution in [2.45, 2.75) is 19.3 Å². The zero-order chi connectivity index (χ0) is 15.5. The van der Waals surface area contributed by atoms with Crippen LogP contribution in [0.25, 0.3) is 0 Å². The van der Waals surface area contributed by atoms with Crippen molar-refractivity contribution in [3.05, 3.63) is 41.2 Å². The number of anilines is 2. The number of aryl methyl sites for hydroxylation is 1. The highest BCUT2D eigenvalue weighted by atomic mass is 16.3. The van der Waals surface area contributed by atoms with Crippen LogP contribution < -0.4 is 10.2 Å². The number of aromatic nitrogens is 2. The summed E-state index contributed by atoms with van der Waals surface area (Å²) < 4.78 is 0. The second-order valence-electron chi connectivity index (χ2n) is 5.53. The topological polar surface area (TPSA) is 81.2 Å². The van der Waals surface area contributed by atoms with E-state index in [-0.39, 0.29) is 12.5 Å². The molecule has 3 rings (SSSR count). The van der Waals surface area contributed by atoms with Gasteiger partial charge in [-0.1, -0.05) is 0 Å². The van der Waals surface area contributed by atoms with Crippen LogP contribution >= 0.6 is 0 Å². The normalized spacial score (nSPS) is 13.0. The van der Waals surface area contributed by atoms with E-state index in [0.717, 1.165) is 41.9 Å². The van der Waals surface area contributed by atoms with E-state index in [0.29, 0.717) is 12.2 Å². The fourth-order valence-electron chi connectivity index (χ4n) is 2.78. The predicted octanol–water partition coefficient (Wildman–Crippen LogP) is 1.58. The monoisotopic (exact) mass is 300 g/mol. The maximum absolute atomic E-state index is 12.3. The first-order valence-electron chi connectivity index (χ1n) is 7.48. The Hall–Kier alpha value is -2.34. The Morgan fingerprint density at radius 2 is 2.14 bits per heavy atom. The summed E-state index contributed by atoms with van der Waals surface area (Å²) >= 11 is 0. The van der Waals surface area contributed by atoms with E-state index in [1.54, 1.807) is 0 Å². The molecule has 1 aliphatic rings. The van der Waals surface area contributed by atoms with Crippen molar-refractivity contribution in [3.8, 4) is 0 Å². The number of rotatable bonds is 5. The van der Waals surface area contributed by atoms with Crippen molar-refractivity contribution in [2.24, 2.45) is 0 Å². The summed E-state index contributed by atoms with van der Waals surface area (Å²) in [5, 5.41) is 18.9. The average Bonchev–Trinajstić information content (AvgIpc) is 3.10. The third-order valence-corrected chi connectivity index (χ3v) is 4.02. The number of amides is 1. The van der Waals surface area contributed by atoms with Crippen molar-refractivity contribution in [1.29, 1.82) is 0 Å². The van der Waals surface area contributed by atoms with E-state index in [4.69, 9.17) is 5.11 Å². The second-order valence-corrected chi connectivity index (χ2v) is 5.53. The van der Waals surface area contributed by atoms with Crippen LogP contribution in [0.2, 0.25) is 0 Å². The summed E-state index contributed by atoms with van der Waals surface area (Å²) in [7, 11) is 1.91. The van der Waals surface area contributed by atoms with Crippen molar-refractivity contribution in [2.75, 3.05) is 30.4 Å². The lowest BCUT2D eigenvalue weighted by molar-refractivity contribution is 0.102. The molecule has 0 unspecified atom stereocenters. The number of carbonyl (C=O) groups is 1. The van der Waals surface area contributed by atoms with Crippen molar-refractivity contribution in [1.82, 2.24) is 10.2 Å². The molecule has 0 spiro atoms. The number of carbonyl (C=O) groups excluding carboxylic acids is 1. The lowest BCUT2D eigenvalue weighted by Gasteiger charge is -2.18. The van der Waals surface area contributed by atoms with Gasteiger partial charge in [0.05, 0.1) is 6.61 Å². The molecule has 0 fully saturated rings. The Bertz CT molecular complexity index is 663. The summed E-state index contributed by atoms with van der Waals surface area (Å²) in [6, 6.07) is 7.54. The number of aromatic amines is 1. The Kier molecular flexibility index (Phi) is 4.11. The summed E-state index contributed by atoms with van der Waals surface area (Å²) in [5.41, 5.74) is 4.38. The van der Waals surface area contributed by atoms with Gasteiger partial charge in [-0.2, -0.15) is 5.10 Å². The molecule has 116 valence electrons. The number of likely N-dealkylation sites (N-methyl/N-ethyl adjacent to an activating group) is 1. The first-order chi connectivity index (χ1) is 10.7. The van der Waals surface area contributed by atoms with Gasteiger partial charge in [0, 0.05) is 36.2 Å². The van der Waals surface area contributed by atoms with E-state index in [9.17, 15) is 4.79 Å². The highest BCUT2D eigenvalue weighted by Crippen LogP contribution is 2.24. The van der Waals surface area contributed by atoms with E-state index < -0.39 is 0 Å². The maximum Gasteiger partial charge on any atom is 0.276 e. The molecule has 6 nitrogen and oxygen atoms in total. The minimum Gasteiger partial charge on any atom is -0.395 e. The van der Waals surface area contributed by atoms with Gasteiger partial charge in [0.2, 0.25) is 0 Å². The molecule has 1 aliphatic carbocycles. The largest absolute Gasteiger partial charge is 0.395 e. The average molecular weight is 300 g/mol. The van der Waals surface area contributed by atoms with Gasteiger partial charge in [0.25, 0.3) is 5.91 Å². The SMILES string of the molecule is CN(CCO)c1ccc(NC(=O)c2n[nH]c3c2CCC3)cc1. The number of fused-ring (bicyclic) bond motifs is 1. The lowest BCUT2D eigenvalue weighted by Crippen LogP contribution is -2.21. The molecule has 0 aliphatic heterocycles. The molecule has 6 heteroatoms. The molecule has 22 heavy (non-hydrogen) atoms. The van der Waals surface area contributed by atoms with Crippen LogP contribution in [-0.2, 0) is 12.8 Å². The molecule has 1 aromatic heterocycles. The van der Waals surface area contributed by atoms with Crippen molar-refractivity contribution in [3.63, 3.8) is 0 Å². The minimum atomic E-state index is -0.170. The zero-order valence-corrected chi connectivity index (χ0v) is 12.6. The van der Waals surface area contributed by atoms with Crippen molar-refractivity contribution < 1.29 is 9.90 Å². The number of hydrogen-bond donors (Lipinski definition) is 3. The Morgan fingerprint density at radius 3 is 2.86 bits per heavy atom. The highest BCUT2D eigenvalue weighted by Gasteiger charge is 2.22. The van der Waals surface area contributed by atoms with E-state index >= 15 is 0 Å². The molecule has 2 aromatic rings. The van der Waals surface area contributed by atoms with Crippen LogP contribution in [0.4, 0.5) is 11.4 Å². The molecular formula is C16H20N4O2. The van der Waals surface area contributed by atoms with Crippen LogP contribution in [0.3, 0.4) is 0 Å². The van der Waals surface area contributed by atoms with Crippen molar-refractivity contribution >= 4 is 17.3 Å². The fraction of sp³-hybridized carbons (Fsp3) is 0.375. The highest BCUT2D eigenvalue weighted by molar-refractivity contribution is 6.04. The standard InChI is InChI=1S/C16H20N4O2/c1-20(9-10-21)12-7-5-11(6-8-12)17-16(22)15-13-3-2-4-14(13)18-19-15/h5-8,21H,2-4,9-10H2,1H3,(H,17,22)(H,18,19). The van der Waals surface area contributed by atoms with Crippen LogP contribution in [0.1, 0.15) is 28.2 Å². The Morgan fingerprint density at radius 1 is 1.36 bits per heavy atom. The first-order valence-corrected chi connectivity index (χ1v) is 7.48. The molecule has 0 saturated carbocycles. The molecule has 0 bridgehead atoms. The van der Waals surface area contributed by atoms with Crippen LogP contribution in [-0.4, -0.2) is 41.4 Å². The van der Waals surface area contributed by atoms with Gasteiger partial charge in [0.15, 0.2) is 5.69 Å². The van der Waals surface area contributed by atoms with Gasteiger partial charge < -0.3 is 15.3 Å². The number of H-pyrrole nitrogens is 1. The Balaban J connectivity index is 1.69. The van der Waals surface area contributed by atoms with E-state index in [2.05, 4.69) is 15.5 Å². The minimum absolute atomic E-state index is 0.110. The third kappa shape index (κ3) is 2.82. The number of benzene rings is 1. The summed E-state index contributed by atoms with van der Waals surface area (Å²) in [6.45, 7) is 0.685. The number of nitrogens with one attached hydrogen (secondary N) is 2. The quantitative estimate of drug-likeness (QED) is 0.783. The van der Waals surface area contributed by atoms with Gasteiger partial charge >= 0.3 is 0 Å². The number of aliphatic hydroxyl groups excluding tert-OH is 1. The van der Waals surface area contributed by atoms with Gasteiger partial charge in [-0.3, -0.25) is 9.89 Å². The molecule has 1 aromatic carbocycles. The lowest BCUT2D eigenvalue weighted by atomic mass is 10.2. The molecule has 1 heterocycles. The molecule has 0 radical (unpaired) electrons. The summed E-state index contributed by atoms with van der Waals surface area (Å²) in [6.07, 6.45) is 2.97. The van der Waals surface area contributed by atoms with Crippen LogP contribution in [0.15, 0.2) is 24.3 Å². The molecule has 3 N–H and O–H groups in total. The first kappa shape index (κ1) is 14.6.